The molecule has 0 aromatic heterocycles. The summed E-state index contributed by atoms with van der Waals surface area (Å²) < 4.78 is 32.1. The van der Waals surface area contributed by atoms with Crippen LogP contribution in [0.1, 0.15) is 24.8 Å². The van der Waals surface area contributed by atoms with Crippen LogP contribution in [0.4, 0.5) is 0 Å². The third kappa shape index (κ3) is 2.99. The van der Waals surface area contributed by atoms with Crippen LogP contribution in [0, 0.1) is 0 Å². The van der Waals surface area contributed by atoms with Gasteiger partial charge in [-0.05, 0) is 24.8 Å². The zero-order valence-corrected chi connectivity index (χ0v) is 12.8. The molecule has 2 aliphatic heterocycles. The lowest BCUT2D eigenvalue weighted by Gasteiger charge is -2.41. The lowest BCUT2D eigenvalue weighted by Crippen LogP contribution is -2.56. The highest BCUT2D eigenvalue weighted by Crippen LogP contribution is 2.36. The molecule has 0 radical (unpaired) electrons. The van der Waals surface area contributed by atoms with Gasteiger partial charge in [-0.1, -0.05) is 30.3 Å². The minimum Gasteiger partial charge on any atom is -0.389 e. The van der Waals surface area contributed by atoms with E-state index in [1.807, 2.05) is 18.2 Å². The van der Waals surface area contributed by atoms with Crippen LogP contribution in [0.2, 0.25) is 0 Å². The molecule has 1 aromatic rings. The molecule has 0 aliphatic carbocycles. The monoisotopic (exact) mass is 311 g/mol. The predicted octanol–water partition coefficient (Wildman–Crippen LogP) is 1.13. The Hall–Kier alpha value is -0.950. The zero-order valence-electron chi connectivity index (χ0n) is 11.9. The highest BCUT2D eigenvalue weighted by atomic mass is 32.2. The molecule has 2 heterocycles. The van der Waals surface area contributed by atoms with Gasteiger partial charge in [-0.15, -0.1) is 0 Å². The minimum absolute atomic E-state index is 0.0194. The van der Waals surface area contributed by atoms with E-state index in [0.717, 1.165) is 18.4 Å². The van der Waals surface area contributed by atoms with E-state index in [2.05, 4.69) is 0 Å². The molecule has 0 saturated carbocycles. The van der Waals surface area contributed by atoms with Crippen LogP contribution in [-0.2, 0) is 20.5 Å². The van der Waals surface area contributed by atoms with Crippen molar-refractivity contribution in [1.82, 2.24) is 4.31 Å². The minimum atomic E-state index is -3.40. The normalized spacial score (nSPS) is 30.8. The van der Waals surface area contributed by atoms with E-state index in [1.54, 1.807) is 12.1 Å². The van der Waals surface area contributed by atoms with Crippen LogP contribution in [0.5, 0.6) is 0 Å². The Morgan fingerprint density at radius 3 is 2.67 bits per heavy atom. The summed E-state index contributed by atoms with van der Waals surface area (Å²) in [7, 11) is -3.40. The van der Waals surface area contributed by atoms with E-state index in [0.29, 0.717) is 19.6 Å². The van der Waals surface area contributed by atoms with Gasteiger partial charge >= 0.3 is 0 Å². The number of aliphatic hydroxyl groups excluding tert-OH is 1. The second kappa shape index (κ2) is 5.68. The molecule has 2 atom stereocenters. The molecule has 21 heavy (non-hydrogen) atoms. The van der Waals surface area contributed by atoms with E-state index in [4.69, 9.17) is 4.74 Å². The number of hydrogen-bond acceptors (Lipinski definition) is 4. The molecule has 0 amide bonds. The van der Waals surface area contributed by atoms with Gasteiger partial charge < -0.3 is 9.84 Å². The van der Waals surface area contributed by atoms with Gasteiger partial charge in [0, 0.05) is 19.7 Å². The molecule has 0 bridgehead atoms. The second-order valence-electron chi connectivity index (χ2n) is 5.88. The van der Waals surface area contributed by atoms with Gasteiger partial charge in [0.1, 0.15) is 0 Å². The van der Waals surface area contributed by atoms with Crippen LogP contribution >= 0.6 is 0 Å². The summed E-state index contributed by atoms with van der Waals surface area (Å²) >= 11 is 0. The maximum Gasteiger partial charge on any atom is 0.218 e. The molecular weight excluding hydrogens is 290 g/mol. The van der Waals surface area contributed by atoms with Crippen molar-refractivity contribution < 1.29 is 18.3 Å². The van der Waals surface area contributed by atoms with Crippen molar-refractivity contribution in [2.45, 2.75) is 36.7 Å². The topological polar surface area (TPSA) is 66.8 Å². The highest BCUT2D eigenvalue weighted by molar-refractivity contribution is 7.88. The Morgan fingerprint density at radius 2 is 2.05 bits per heavy atom. The fraction of sp³-hybridized carbons (Fsp3) is 0.600. The predicted molar refractivity (Wildman–Crippen MR) is 79.2 cm³/mol. The van der Waals surface area contributed by atoms with Crippen LogP contribution in [-0.4, -0.2) is 49.2 Å². The van der Waals surface area contributed by atoms with Gasteiger partial charge in [-0.3, -0.25) is 0 Å². The second-order valence-corrected chi connectivity index (χ2v) is 7.85. The van der Waals surface area contributed by atoms with Crippen molar-refractivity contribution in [2.24, 2.45) is 0 Å². The molecule has 3 rings (SSSR count). The molecule has 6 heteroatoms. The molecule has 116 valence electrons. The maximum atomic E-state index is 12.5. The summed E-state index contributed by atoms with van der Waals surface area (Å²) in [6, 6.07) is 9.13. The third-order valence-corrected chi connectivity index (χ3v) is 6.30. The van der Waals surface area contributed by atoms with Crippen molar-refractivity contribution in [3.8, 4) is 0 Å². The molecular formula is C15H21NO4S. The van der Waals surface area contributed by atoms with E-state index in [1.165, 1.54) is 4.31 Å². The summed E-state index contributed by atoms with van der Waals surface area (Å²) in [6.07, 6.45) is 1.59. The van der Waals surface area contributed by atoms with Crippen molar-refractivity contribution >= 4 is 10.0 Å². The number of benzene rings is 1. The Labute approximate surface area is 125 Å². The lowest BCUT2D eigenvalue weighted by molar-refractivity contribution is -0.117. The summed E-state index contributed by atoms with van der Waals surface area (Å²) in [5.74, 6) is -0.0194. The number of rotatable bonds is 3. The van der Waals surface area contributed by atoms with Gasteiger partial charge in [0.2, 0.25) is 10.0 Å². The summed E-state index contributed by atoms with van der Waals surface area (Å²) in [5, 5.41) is 10.3. The van der Waals surface area contributed by atoms with Crippen LogP contribution in [0.3, 0.4) is 0 Å². The first-order valence-electron chi connectivity index (χ1n) is 7.36. The van der Waals surface area contributed by atoms with Crippen LogP contribution in [0.15, 0.2) is 30.3 Å². The molecule has 0 unspecified atom stereocenters. The van der Waals surface area contributed by atoms with Gasteiger partial charge in [-0.2, -0.15) is 4.31 Å². The average Bonchev–Trinajstić information content (AvgIpc) is 2.92. The largest absolute Gasteiger partial charge is 0.389 e. The summed E-state index contributed by atoms with van der Waals surface area (Å²) in [4.78, 5) is 0. The first kappa shape index (κ1) is 15.0. The number of piperidine rings is 1. The summed E-state index contributed by atoms with van der Waals surface area (Å²) in [5.41, 5.74) is 0.253. The van der Waals surface area contributed by atoms with E-state index in [-0.39, 0.29) is 12.3 Å². The quantitative estimate of drug-likeness (QED) is 0.909. The Bertz CT molecular complexity index is 581. The van der Waals surface area contributed by atoms with Crippen molar-refractivity contribution in [1.29, 1.82) is 0 Å². The van der Waals surface area contributed by atoms with Crippen LogP contribution in [0.25, 0.3) is 0 Å². The summed E-state index contributed by atoms with van der Waals surface area (Å²) in [6.45, 7) is 1.22. The van der Waals surface area contributed by atoms with Crippen molar-refractivity contribution in [3.05, 3.63) is 35.9 Å². The van der Waals surface area contributed by atoms with E-state index >= 15 is 0 Å². The number of β-amino-alcohol motifs (C(OH)–C–C–N with tert-alkyl or cyclic N) is 1. The number of hydrogen-bond donors (Lipinski definition) is 1. The van der Waals surface area contributed by atoms with Gasteiger partial charge in [0.05, 0.1) is 17.5 Å². The number of nitrogens with zero attached hydrogens (tertiary/aromatic N) is 1. The lowest BCUT2D eigenvalue weighted by atomic mass is 9.87. The highest BCUT2D eigenvalue weighted by Gasteiger charge is 2.47. The molecule has 2 fully saturated rings. The van der Waals surface area contributed by atoms with Crippen LogP contribution < -0.4 is 0 Å². The average molecular weight is 311 g/mol. The molecule has 2 aliphatic rings. The molecule has 1 N–H and O–H groups in total. The number of ether oxygens (including phenoxy) is 1. The first-order chi connectivity index (χ1) is 10.0. The third-order valence-electron chi connectivity index (χ3n) is 4.49. The number of aliphatic hydroxyl groups is 1. The standard InChI is InChI=1S/C15H21NO4S/c17-14-11-16(9-8-15(14)7-4-10-20-15)21(18,19)12-13-5-2-1-3-6-13/h1-3,5-6,14,17H,4,7-12H2/t14-,15-/m0/s1. The number of sulfonamides is 1. The van der Waals surface area contributed by atoms with Crippen molar-refractivity contribution in [3.63, 3.8) is 0 Å². The maximum absolute atomic E-state index is 12.5. The fourth-order valence-electron chi connectivity index (χ4n) is 3.24. The van der Waals surface area contributed by atoms with Gasteiger partial charge in [0.15, 0.2) is 0 Å². The van der Waals surface area contributed by atoms with E-state index in [9.17, 15) is 13.5 Å². The first-order valence-corrected chi connectivity index (χ1v) is 8.97. The molecule has 1 aromatic carbocycles. The fourth-order valence-corrected chi connectivity index (χ4v) is 4.77. The smallest absolute Gasteiger partial charge is 0.218 e. The van der Waals surface area contributed by atoms with Gasteiger partial charge in [0.25, 0.3) is 0 Å². The van der Waals surface area contributed by atoms with Gasteiger partial charge in [-0.25, -0.2) is 8.42 Å². The SMILES string of the molecule is O=S(=O)(Cc1ccccc1)N1CC[C@@]2(CCCO2)[C@@H](O)C1. The molecule has 5 nitrogen and oxygen atoms in total. The molecule has 2 saturated heterocycles. The Balaban J connectivity index is 1.70. The Kier molecular flexibility index (Phi) is 4.05. The molecule has 1 spiro atoms. The zero-order chi connectivity index (χ0) is 14.9. The van der Waals surface area contributed by atoms with E-state index < -0.39 is 21.7 Å². The Morgan fingerprint density at radius 1 is 1.29 bits per heavy atom. The van der Waals surface area contributed by atoms with Crippen molar-refractivity contribution in [2.75, 3.05) is 19.7 Å².